The molecule has 1 amide bonds. The Morgan fingerprint density at radius 2 is 1.92 bits per heavy atom. The van der Waals surface area contributed by atoms with Gasteiger partial charge in [-0.15, -0.1) is 0 Å². The maximum Gasteiger partial charge on any atom is 0.307 e. The maximum absolute atomic E-state index is 13.1. The zero-order chi connectivity index (χ0) is 19.7. The van der Waals surface area contributed by atoms with Crippen molar-refractivity contribution in [3.8, 4) is 0 Å². The second-order valence-corrected chi connectivity index (χ2v) is 7.64. The first-order valence-electron chi connectivity index (χ1n) is 8.09. The first kappa shape index (κ1) is 22.3. The Bertz CT molecular complexity index is 738. The van der Waals surface area contributed by atoms with E-state index in [-0.39, 0.29) is 28.9 Å². The third kappa shape index (κ3) is 7.27. The summed E-state index contributed by atoms with van der Waals surface area (Å²) >= 11 is 5.55. The standard InChI is InChI=1S/C16H22ClFN2O5S/c1-3-11(4-2)20-15(21)10-25-16(22)7-8-19-26(23,24)12-5-6-14(18)13(17)9-12/h5-6,9,11,19H,3-4,7-8,10H2,1-2H3,(H,20,21). The van der Waals surface area contributed by atoms with Crippen molar-refractivity contribution in [1.29, 1.82) is 0 Å². The molecule has 0 aliphatic carbocycles. The van der Waals surface area contributed by atoms with E-state index in [4.69, 9.17) is 16.3 Å². The molecule has 0 aliphatic rings. The van der Waals surface area contributed by atoms with Gasteiger partial charge in [0.1, 0.15) is 5.82 Å². The molecule has 26 heavy (non-hydrogen) atoms. The normalized spacial score (nSPS) is 11.4. The highest BCUT2D eigenvalue weighted by molar-refractivity contribution is 7.89. The number of nitrogens with one attached hydrogen (secondary N) is 2. The molecule has 0 spiro atoms. The van der Waals surface area contributed by atoms with Crippen LogP contribution in [0.1, 0.15) is 33.1 Å². The smallest absolute Gasteiger partial charge is 0.307 e. The molecule has 0 atom stereocenters. The highest BCUT2D eigenvalue weighted by Crippen LogP contribution is 2.19. The lowest BCUT2D eigenvalue weighted by molar-refractivity contribution is -0.148. The molecule has 2 N–H and O–H groups in total. The minimum Gasteiger partial charge on any atom is -0.456 e. The summed E-state index contributed by atoms with van der Waals surface area (Å²) in [6.45, 7) is 3.21. The molecular weight excluding hydrogens is 387 g/mol. The number of hydrogen-bond donors (Lipinski definition) is 2. The van der Waals surface area contributed by atoms with Crippen LogP contribution in [0.15, 0.2) is 23.1 Å². The summed E-state index contributed by atoms with van der Waals surface area (Å²) in [5, 5.41) is 2.39. The van der Waals surface area contributed by atoms with Gasteiger partial charge in [0.15, 0.2) is 6.61 Å². The monoisotopic (exact) mass is 408 g/mol. The first-order valence-corrected chi connectivity index (χ1v) is 9.95. The molecule has 0 bridgehead atoms. The molecule has 1 rings (SSSR count). The Morgan fingerprint density at radius 3 is 2.50 bits per heavy atom. The van der Waals surface area contributed by atoms with Gasteiger partial charge in [0.2, 0.25) is 10.0 Å². The summed E-state index contributed by atoms with van der Waals surface area (Å²) in [5.41, 5.74) is 0. The van der Waals surface area contributed by atoms with Gasteiger partial charge in [-0.25, -0.2) is 17.5 Å². The molecule has 7 nitrogen and oxygen atoms in total. The average molecular weight is 409 g/mol. The Morgan fingerprint density at radius 1 is 1.27 bits per heavy atom. The van der Waals surface area contributed by atoms with Crippen molar-refractivity contribution in [3.05, 3.63) is 29.0 Å². The lowest BCUT2D eigenvalue weighted by Gasteiger charge is -2.14. The van der Waals surface area contributed by atoms with Crippen LogP contribution in [0.3, 0.4) is 0 Å². The molecule has 1 aromatic rings. The molecule has 0 heterocycles. The Kier molecular flexibility index (Phi) is 8.97. The van der Waals surface area contributed by atoms with E-state index < -0.39 is 34.3 Å². The number of amides is 1. The fourth-order valence-corrected chi connectivity index (χ4v) is 3.30. The number of sulfonamides is 1. The molecule has 0 aliphatic heterocycles. The Labute approximate surface area is 157 Å². The number of esters is 1. The molecular formula is C16H22ClFN2O5S. The topological polar surface area (TPSA) is 102 Å². The van der Waals surface area contributed by atoms with Gasteiger partial charge in [-0.1, -0.05) is 25.4 Å². The molecule has 10 heteroatoms. The summed E-state index contributed by atoms with van der Waals surface area (Å²) in [4.78, 5) is 23.0. The number of rotatable bonds is 10. The number of halogens is 2. The van der Waals surface area contributed by atoms with Crippen LogP contribution in [0.25, 0.3) is 0 Å². The van der Waals surface area contributed by atoms with E-state index in [1.807, 2.05) is 13.8 Å². The van der Waals surface area contributed by atoms with Crippen LogP contribution in [0.4, 0.5) is 4.39 Å². The number of hydrogen-bond acceptors (Lipinski definition) is 5. The average Bonchev–Trinajstić information content (AvgIpc) is 2.59. The van der Waals surface area contributed by atoms with Crippen molar-refractivity contribution in [2.24, 2.45) is 0 Å². The Balaban J connectivity index is 2.41. The molecule has 0 radical (unpaired) electrons. The molecule has 0 aromatic heterocycles. The summed E-state index contributed by atoms with van der Waals surface area (Å²) < 4.78 is 44.1. The second-order valence-electron chi connectivity index (χ2n) is 5.47. The number of ether oxygens (including phenoxy) is 1. The highest BCUT2D eigenvalue weighted by atomic mass is 35.5. The van der Waals surface area contributed by atoms with Crippen molar-refractivity contribution in [1.82, 2.24) is 10.0 Å². The number of carbonyl (C=O) groups excluding carboxylic acids is 2. The minimum atomic E-state index is -3.94. The molecule has 146 valence electrons. The zero-order valence-electron chi connectivity index (χ0n) is 14.6. The van der Waals surface area contributed by atoms with Crippen LogP contribution in [0, 0.1) is 5.82 Å². The van der Waals surface area contributed by atoms with Crippen LogP contribution in [0.5, 0.6) is 0 Å². The van der Waals surface area contributed by atoms with Crippen molar-refractivity contribution in [2.45, 2.75) is 44.0 Å². The van der Waals surface area contributed by atoms with Gasteiger partial charge in [-0.3, -0.25) is 9.59 Å². The van der Waals surface area contributed by atoms with Gasteiger partial charge < -0.3 is 10.1 Å². The molecule has 0 saturated heterocycles. The maximum atomic E-state index is 13.1. The van der Waals surface area contributed by atoms with Crippen LogP contribution < -0.4 is 10.0 Å². The van der Waals surface area contributed by atoms with Crippen LogP contribution in [-0.4, -0.2) is 39.5 Å². The van der Waals surface area contributed by atoms with E-state index in [2.05, 4.69) is 10.0 Å². The molecule has 0 saturated carbocycles. The van der Waals surface area contributed by atoms with E-state index >= 15 is 0 Å². The third-order valence-electron chi connectivity index (χ3n) is 3.54. The van der Waals surface area contributed by atoms with Crippen molar-refractivity contribution in [3.63, 3.8) is 0 Å². The van der Waals surface area contributed by atoms with E-state index in [9.17, 15) is 22.4 Å². The lowest BCUT2D eigenvalue weighted by Crippen LogP contribution is -2.37. The van der Waals surface area contributed by atoms with Gasteiger partial charge in [0, 0.05) is 12.6 Å². The van der Waals surface area contributed by atoms with Crippen LogP contribution >= 0.6 is 11.6 Å². The summed E-state index contributed by atoms with van der Waals surface area (Å²) in [6.07, 6.45) is 1.28. The summed E-state index contributed by atoms with van der Waals surface area (Å²) in [6, 6.07) is 2.99. The van der Waals surface area contributed by atoms with Crippen LogP contribution in [-0.2, 0) is 24.3 Å². The third-order valence-corrected chi connectivity index (χ3v) is 5.29. The van der Waals surface area contributed by atoms with E-state index in [0.29, 0.717) is 0 Å². The first-order chi connectivity index (χ1) is 12.2. The zero-order valence-corrected chi connectivity index (χ0v) is 16.1. The van der Waals surface area contributed by atoms with Crippen molar-refractivity contribution in [2.75, 3.05) is 13.2 Å². The summed E-state index contributed by atoms with van der Waals surface area (Å²) in [5.74, 6) is -1.86. The second kappa shape index (κ2) is 10.4. The number of carbonyl (C=O) groups is 2. The van der Waals surface area contributed by atoms with Crippen LogP contribution in [0.2, 0.25) is 5.02 Å². The summed E-state index contributed by atoms with van der Waals surface area (Å²) in [7, 11) is -3.94. The predicted octanol–water partition coefficient (Wildman–Crippen LogP) is 2.00. The largest absolute Gasteiger partial charge is 0.456 e. The SMILES string of the molecule is CCC(CC)NC(=O)COC(=O)CCNS(=O)(=O)c1ccc(F)c(Cl)c1. The highest BCUT2D eigenvalue weighted by Gasteiger charge is 2.17. The number of benzene rings is 1. The van der Waals surface area contributed by atoms with Gasteiger partial charge >= 0.3 is 5.97 Å². The van der Waals surface area contributed by atoms with Crippen molar-refractivity contribution >= 4 is 33.5 Å². The van der Waals surface area contributed by atoms with E-state index in [1.54, 1.807) is 0 Å². The van der Waals surface area contributed by atoms with Gasteiger partial charge in [-0.05, 0) is 31.0 Å². The molecule has 1 aromatic carbocycles. The Hall–Kier alpha value is -1.71. The van der Waals surface area contributed by atoms with Gasteiger partial charge in [-0.2, -0.15) is 0 Å². The predicted molar refractivity (Wildman–Crippen MR) is 94.7 cm³/mol. The molecule has 0 fully saturated rings. The fourth-order valence-electron chi connectivity index (χ4n) is 2.00. The van der Waals surface area contributed by atoms with E-state index in [0.717, 1.165) is 31.0 Å². The fraction of sp³-hybridized carbons (Fsp3) is 0.500. The van der Waals surface area contributed by atoms with Gasteiger partial charge in [0.05, 0.1) is 16.3 Å². The van der Waals surface area contributed by atoms with Gasteiger partial charge in [0.25, 0.3) is 5.91 Å². The quantitative estimate of drug-likeness (QED) is 0.576. The van der Waals surface area contributed by atoms with E-state index in [1.165, 1.54) is 0 Å². The lowest BCUT2D eigenvalue weighted by atomic mass is 10.2. The molecule has 0 unspecified atom stereocenters. The van der Waals surface area contributed by atoms with Crippen molar-refractivity contribution < 1.29 is 27.1 Å². The minimum absolute atomic E-state index is 0.0237.